The maximum atomic E-state index is 5.70. The summed E-state index contributed by atoms with van der Waals surface area (Å²) in [6, 6.07) is 16.9. The van der Waals surface area contributed by atoms with Crippen LogP contribution in [0.3, 0.4) is 0 Å². The molecule has 0 spiro atoms. The van der Waals surface area contributed by atoms with Gasteiger partial charge in [-0.05, 0) is 68.9 Å². The number of para-hydroxylation sites is 1. The molecule has 136 valence electrons. The number of unbranched alkanes of at least 4 members (excludes halogenated alkanes) is 4. The molecular weight excluding hydrogens is 308 g/mol. The Balaban J connectivity index is 1.60. The van der Waals surface area contributed by atoms with Gasteiger partial charge in [0.2, 0.25) is 0 Å². The van der Waals surface area contributed by atoms with Crippen LogP contribution in [-0.4, -0.2) is 13.2 Å². The molecule has 2 aromatic carbocycles. The van der Waals surface area contributed by atoms with Crippen LogP contribution < -0.4 is 9.47 Å². The van der Waals surface area contributed by atoms with Crippen molar-refractivity contribution in [3.8, 4) is 11.5 Å². The SMILES string of the molecule is CCOc1cccc(CCCCCCCc2ccccc2OCC)c1. The predicted octanol–water partition coefficient (Wildman–Crippen LogP) is 6.22. The molecule has 0 unspecified atom stereocenters. The Bertz CT molecular complexity index is 607. The van der Waals surface area contributed by atoms with Crippen LogP contribution in [0.5, 0.6) is 11.5 Å². The normalized spacial score (nSPS) is 10.6. The molecule has 0 radical (unpaired) electrons. The van der Waals surface area contributed by atoms with Crippen LogP contribution in [-0.2, 0) is 12.8 Å². The standard InChI is InChI=1S/C23H32O2/c1-3-24-22-17-12-14-20(19-22)13-8-6-5-7-9-15-21-16-10-11-18-23(21)25-4-2/h10-12,14,16-19H,3-9,13,15H2,1-2H3. The molecule has 2 aromatic rings. The van der Waals surface area contributed by atoms with Crippen molar-refractivity contribution in [2.45, 2.75) is 58.8 Å². The van der Waals surface area contributed by atoms with E-state index >= 15 is 0 Å². The Morgan fingerprint density at radius 2 is 1.40 bits per heavy atom. The van der Waals surface area contributed by atoms with Gasteiger partial charge in [-0.15, -0.1) is 0 Å². The Morgan fingerprint density at radius 3 is 2.20 bits per heavy atom. The van der Waals surface area contributed by atoms with Gasteiger partial charge in [0, 0.05) is 0 Å². The summed E-state index contributed by atoms with van der Waals surface area (Å²) in [5.74, 6) is 2.05. The van der Waals surface area contributed by atoms with Crippen LogP contribution in [0.25, 0.3) is 0 Å². The molecule has 0 bridgehead atoms. The minimum Gasteiger partial charge on any atom is -0.494 e. The second-order valence-corrected chi connectivity index (χ2v) is 6.39. The minimum absolute atomic E-state index is 0.732. The molecule has 0 atom stereocenters. The number of rotatable bonds is 12. The van der Waals surface area contributed by atoms with Crippen molar-refractivity contribution in [3.05, 3.63) is 59.7 Å². The Hall–Kier alpha value is -1.96. The van der Waals surface area contributed by atoms with Gasteiger partial charge >= 0.3 is 0 Å². The van der Waals surface area contributed by atoms with Crippen LogP contribution >= 0.6 is 0 Å². The van der Waals surface area contributed by atoms with E-state index in [1.165, 1.54) is 43.2 Å². The molecule has 2 rings (SSSR count). The van der Waals surface area contributed by atoms with Gasteiger partial charge in [0.15, 0.2) is 0 Å². The Kier molecular flexibility index (Phi) is 8.96. The van der Waals surface area contributed by atoms with Gasteiger partial charge in [0.1, 0.15) is 11.5 Å². The number of aryl methyl sites for hydroxylation is 2. The van der Waals surface area contributed by atoms with E-state index in [4.69, 9.17) is 9.47 Å². The molecule has 0 N–H and O–H groups in total. The molecular formula is C23H32O2. The minimum atomic E-state index is 0.732. The highest BCUT2D eigenvalue weighted by Crippen LogP contribution is 2.21. The Labute approximate surface area is 153 Å². The van der Waals surface area contributed by atoms with E-state index in [0.29, 0.717) is 0 Å². The lowest BCUT2D eigenvalue weighted by atomic mass is 10.0. The number of ether oxygens (including phenoxy) is 2. The van der Waals surface area contributed by atoms with Gasteiger partial charge in [-0.3, -0.25) is 0 Å². The molecule has 2 heteroatoms. The molecule has 0 amide bonds. The van der Waals surface area contributed by atoms with Crippen LogP contribution in [0, 0.1) is 0 Å². The van der Waals surface area contributed by atoms with E-state index in [1.54, 1.807) is 0 Å². The maximum absolute atomic E-state index is 5.70. The molecule has 25 heavy (non-hydrogen) atoms. The molecule has 2 nitrogen and oxygen atoms in total. The predicted molar refractivity (Wildman–Crippen MR) is 106 cm³/mol. The van der Waals surface area contributed by atoms with E-state index in [-0.39, 0.29) is 0 Å². The van der Waals surface area contributed by atoms with Crippen LogP contribution in [0.2, 0.25) is 0 Å². The average molecular weight is 341 g/mol. The summed E-state index contributed by atoms with van der Waals surface area (Å²) >= 11 is 0. The summed E-state index contributed by atoms with van der Waals surface area (Å²) in [6.07, 6.45) is 8.66. The van der Waals surface area contributed by atoms with Crippen LogP contribution in [0.1, 0.15) is 57.1 Å². The zero-order valence-electron chi connectivity index (χ0n) is 15.8. The van der Waals surface area contributed by atoms with Crippen molar-refractivity contribution in [3.63, 3.8) is 0 Å². The summed E-state index contributed by atoms with van der Waals surface area (Å²) in [5.41, 5.74) is 2.73. The third-order valence-electron chi connectivity index (χ3n) is 4.39. The fourth-order valence-electron chi connectivity index (χ4n) is 3.14. The highest BCUT2D eigenvalue weighted by Gasteiger charge is 2.02. The van der Waals surface area contributed by atoms with Gasteiger partial charge in [-0.1, -0.05) is 49.6 Å². The first-order valence-electron chi connectivity index (χ1n) is 9.76. The third kappa shape index (κ3) is 7.21. The molecule has 0 fully saturated rings. The average Bonchev–Trinajstić information content (AvgIpc) is 2.63. The summed E-state index contributed by atoms with van der Waals surface area (Å²) in [4.78, 5) is 0. The zero-order valence-corrected chi connectivity index (χ0v) is 15.8. The first-order valence-corrected chi connectivity index (χ1v) is 9.76. The molecule has 0 aliphatic heterocycles. The largest absolute Gasteiger partial charge is 0.494 e. The van der Waals surface area contributed by atoms with Crippen molar-refractivity contribution >= 4 is 0 Å². The van der Waals surface area contributed by atoms with Crippen molar-refractivity contribution in [2.75, 3.05) is 13.2 Å². The lowest BCUT2D eigenvalue weighted by Crippen LogP contribution is -1.96. The number of benzene rings is 2. The van der Waals surface area contributed by atoms with Crippen LogP contribution in [0.4, 0.5) is 0 Å². The van der Waals surface area contributed by atoms with Crippen molar-refractivity contribution in [1.29, 1.82) is 0 Å². The molecule has 0 aliphatic carbocycles. The van der Waals surface area contributed by atoms with E-state index in [9.17, 15) is 0 Å². The third-order valence-corrected chi connectivity index (χ3v) is 4.39. The summed E-state index contributed by atoms with van der Waals surface area (Å²) in [7, 11) is 0. The smallest absolute Gasteiger partial charge is 0.122 e. The van der Waals surface area contributed by atoms with E-state index in [2.05, 4.69) is 42.5 Å². The monoisotopic (exact) mass is 340 g/mol. The summed E-state index contributed by atoms with van der Waals surface area (Å²) in [6.45, 7) is 5.54. The second kappa shape index (κ2) is 11.6. The topological polar surface area (TPSA) is 18.5 Å². The van der Waals surface area contributed by atoms with Gasteiger partial charge in [-0.2, -0.15) is 0 Å². The highest BCUT2D eigenvalue weighted by atomic mass is 16.5. The number of hydrogen-bond donors (Lipinski definition) is 0. The maximum Gasteiger partial charge on any atom is 0.122 e. The van der Waals surface area contributed by atoms with E-state index < -0.39 is 0 Å². The van der Waals surface area contributed by atoms with Gasteiger partial charge in [0.25, 0.3) is 0 Å². The van der Waals surface area contributed by atoms with E-state index in [0.717, 1.165) is 37.6 Å². The lowest BCUT2D eigenvalue weighted by Gasteiger charge is -2.09. The Morgan fingerprint density at radius 1 is 0.680 bits per heavy atom. The molecule has 0 aliphatic rings. The van der Waals surface area contributed by atoms with E-state index in [1.807, 2.05) is 19.9 Å². The van der Waals surface area contributed by atoms with Gasteiger partial charge in [0.05, 0.1) is 13.2 Å². The van der Waals surface area contributed by atoms with Gasteiger partial charge < -0.3 is 9.47 Å². The first-order chi connectivity index (χ1) is 12.3. The molecule has 0 saturated heterocycles. The van der Waals surface area contributed by atoms with Crippen LogP contribution in [0.15, 0.2) is 48.5 Å². The summed E-state index contributed by atoms with van der Waals surface area (Å²) in [5, 5.41) is 0. The highest BCUT2D eigenvalue weighted by molar-refractivity contribution is 5.33. The molecule has 0 aromatic heterocycles. The first kappa shape index (κ1) is 19.4. The van der Waals surface area contributed by atoms with Crippen molar-refractivity contribution in [1.82, 2.24) is 0 Å². The number of hydrogen-bond acceptors (Lipinski definition) is 2. The van der Waals surface area contributed by atoms with Crippen molar-refractivity contribution < 1.29 is 9.47 Å². The fourth-order valence-corrected chi connectivity index (χ4v) is 3.14. The quantitative estimate of drug-likeness (QED) is 0.427. The van der Waals surface area contributed by atoms with Gasteiger partial charge in [-0.25, -0.2) is 0 Å². The molecule has 0 saturated carbocycles. The lowest BCUT2D eigenvalue weighted by molar-refractivity contribution is 0.336. The van der Waals surface area contributed by atoms with Crippen molar-refractivity contribution in [2.24, 2.45) is 0 Å². The zero-order chi connectivity index (χ0) is 17.7. The second-order valence-electron chi connectivity index (χ2n) is 6.39. The fraction of sp³-hybridized carbons (Fsp3) is 0.478. The summed E-state index contributed by atoms with van der Waals surface area (Å²) < 4.78 is 11.3. The molecule has 0 heterocycles.